The first-order valence-electron chi connectivity index (χ1n) is 10.8. The summed E-state index contributed by atoms with van der Waals surface area (Å²) in [5.41, 5.74) is -8.10. The normalized spacial score (nSPS) is 14.5. The minimum atomic E-state index is -6.86. The second-order valence-electron chi connectivity index (χ2n) is 9.02. The minimum absolute atomic E-state index is 0.574. The van der Waals surface area contributed by atoms with E-state index >= 15 is 0 Å². The van der Waals surface area contributed by atoms with E-state index in [9.17, 15) is 80.6 Å². The third kappa shape index (κ3) is 4.08. The summed E-state index contributed by atoms with van der Waals surface area (Å²) in [6.07, 6.45) is -13.7. The average molecular weight is 630 g/mol. The predicted molar refractivity (Wildman–Crippen MR) is 114 cm³/mol. The fourth-order valence-corrected chi connectivity index (χ4v) is 4.27. The highest BCUT2D eigenvalue weighted by Gasteiger charge is 2.74. The summed E-state index contributed by atoms with van der Waals surface area (Å²) in [5, 5.41) is -6.14. The topological polar surface area (TPSA) is 78.1 Å². The number of alkyl halides is 14. The van der Waals surface area contributed by atoms with Gasteiger partial charge in [0.2, 0.25) is 0 Å². The molecule has 0 atom stereocenters. The van der Waals surface area contributed by atoms with Crippen LogP contribution in [0.25, 0.3) is 32.3 Å². The predicted octanol–water partition coefficient (Wildman–Crippen LogP) is 4.73. The molecule has 20 heteroatoms. The molecule has 0 aliphatic heterocycles. The largest absolute Gasteiger partial charge is 0.459 e. The maximum absolute atomic E-state index is 14.1. The summed E-state index contributed by atoms with van der Waals surface area (Å²) in [6, 6.07) is 2.30. The zero-order valence-corrected chi connectivity index (χ0v) is 19.5. The summed E-state index contributed by atoms with van der Waals surface area (Å²) in [6.45, 7) is -5.76. The molecule has 0 N–H and O–H groups in total. The van der Waals surface area contributed by atoms with Crippen LogP contribution < -0.4 is 22.2 Å². The number of aromatic nitrogens is 2. The van der Waals surface area contributed by atoms with Crippen LogP contribution in [-0.2, 0) is 13.1 Å². The van der Waals surface area contributed by atoms with Gasteiger partial charge >= 0.3 is 36.0 Å². The first kappa shape index (κ1) is 30.9. The molecule has 4 bridgehead atoms. The average Bonchev–Trinajstić information content (AvgIpc) is 3.11. The number of benzene rings is 2. The molecule has 0 fully saturated rings. The quantitative estimate of drug-likeness (QED) is 0.289. The number of nitrogens with zero attached hydrogens (tertiary/aromatic N) is 2. The highest BCUT2D eigenvalue weighted by Crippen LogP contribution is 2.48. The maximum Gasteiger partial charge on any atom is 0.459 e. The van der Waals surface area contributed by atoms with Gasteiger partial charge in [0.25, 0.3) is 22.2 Å². The van der Waals surface area contributed by atoms with Gasteiger partial charge in [-0.25, -0.2) is 0 Å². The zero-order chi connectivity index (χ0) is 32.2. The molecule has 0 aliphatic carbocycles. The Morgan fingerprint density at radius 2 is 0.643 bits per heavy atom. The number of fused-ring (bicyclic) bond motifs is 6. The lowest BCUT2D eigenvalue weighted by atomic mass is 10.00. The molecule has 6 aromatic rings. The molecule has 0 saturated carbocycles. The van der Waals surface area contributed by atoms with Crippen molar-refractivity contribution in [3.8, 4) is 0 Å². The molecule has 228 valence electrons. The van der Waals surface area contributed by atoms with E-state index in [1.54, 1.807) is 0 Å². The van der Waals surface area contributed by atoms with Crippen molar-refractivity contribution in [2.24, 2.45) is 0 Å². The lowest BCUT2D eigenvalue weighted by Crippen LogP contribution is -2.55. The molecule has 42 heavy (non-hydrogen) atoms. The Morgan fingerprint density at radius 3 is 0.833 bits per heavy atom. The van der Waals surface area contributed by atoms with E-state index in [4.69, 9.17) is 0 Å². The van der Waals surface area contributed by atoms with Gasteiger partial charge in [-0.05, 0) is 24.3 Å². The van der Waals surface area contributed by atoms with Crippen LogP contribution in [0.5, 0.6) is 0 Å². The van der Waals surface area contributed by atoms with E-state index in [0.717, 1.165) is 0 Å². The fraction of sp³-hybridized carbons (Fsp3) is 0.364. The second-order valence-corrected chi connectivity index (χ2v) is 9.02. The van der Waals surface area contributed by atoms with Crippen molar-refractivity contribution >= 4 is 32.3 Å². The monoisotopic (exact) mass is 630 g/mol. The molecule has 0 radical (unpaired) electrons. The molecule has 4 aromatic heterocycles. The lowest BCUT2D eigenvalue weighted by Gasteiger charge is -2.28. The highest BCUT2D eigenvalue weighted by molar-refractivity contribution is 6.22. The van der Waals surface area contributed by atoms with Crippen LogP contribution in [0.1, 0.15) is 0 Å². The third-order valence-corrected chi connectivity index (χ3v) is 6.41. The summed E-state index contributed by atoms with van der Waals surface area (Å²) >= 11 is 0. The molecule has 0 spiro atoms. The summed E-state index contributed by atoms with van der Waals surface area (Å²) in [7, 11) is 0. The second kappa shape index (κ2) is 8.76. The summed E-state index contributed by atoms with van der Waals surface area (Å²) in [5.74, 6) is -25.8. The van der Waals surface area contributed by atoms with E-state index in [-0.39, 0.29) is 0 Å². The van der Waals surface area contributed by atoms with Gasteiger partial charge in [-0.15, -0.1) is 0 Å². The van der Waals surface area contributed by atoms with Crippen molar-refractivity contribution in [3.63, 3.8) is 0 Å². The van der Waals surface area contributed by atoms with Crippen LogP contribution in [0.2, 0.25) is 0 Å². The molecule has 2 aromatic carbocycles. The van der Waals surface area contributed by atoms with Crippen LogP contribution >= 0.6 is 0 Å². The number of hydrogen-bond donors (Lipinski definition) is 0. The van der Waals surface area contributed by atoms with Gasteiger partial charge in [0.15, 0.2) is 0 Å². The minimum Gasteiger partial charge on any atom is -0.269 e. The van der Waals surface area contributed by atoms with Crippen LogP contribution in [-0.4, -0.2) is 45.2 Å². The van der Waals surface area contributed by atoms with E-state index in [0.29, 0.717) is 24.3 Å². The van der Waals surface area contributed by atoms with Gasteiger partial charge in [0, 0.05) is 32.3 Å². The van der Waals surface area contributed by atoms with Crippen LogP contribution in [0, 0.1) is 0 Å². The standard InChI is InChI=1S/C22H8F14N2O4/c23-17(24,19(27,28)21(31,32)33)5-37-13(39)7-1-2-8(14(37)40)12-10-4-3-9(11(7)12)15(41)38(16(10)42)6-18(25,26)20(29,30)22(34,35)36/h1-4H,5-6H2. The van der Waals surface area contributed by atoms with Crippen LogP contribution in [0.4, 0.5) is 61.5 Å². The van der Waals surface area contributed by atoms with Gasteiger partial charge in [-0.2, -0.15) is 61.5 Å². The molecule has 0 aliphatic rings. The molecule has 0 unspecified atom stereocenters. The Labute approximate surface area is 218 Å². The Hall–Kier alpha value is -4.00. The first-order valence-corrected chi connectivity index (χ1v) is 10.8. The van der Waals surface area contributed by atoms with Gasteiger partial charge in [0.1, 0.15) is 0 Å². The Balaban J connectivity index is 2.09. The Morgan fingerprint density at radius 1 is 0.429 bits per heavy atom. The third-order valence-electron chi connectivity index (χ3n) is 6.41. The molecule has 0 amide bonds. The molecule has 0 saturated heterocycles. The fourth-order valence-electron chi connectivity index (χ4n) is 4.27. The van der Waals surface area contributed by atoms with Crippen LogP contribution in [0.15, 0.2) is 43.4 Å². The first-order chi connectivity index (χ1) is 18.8. The van der Waals surface area contributed by atoms with Crippen molar-refractivity contribution in [2.75, 3.05) is 0 Å². The Kier molecular flexibility index (Phi) is 6.45. The molecule has 6 nitrogen and oxygen atoms in total. The van der Waals surface area contributed by atoms with E-state index in [1.165, 1.54) is 0 Å². The van der Waals surface area contributed by atoms with E-state index < -0.39 is 113 Å². The van der Waals surface area contributed by atoms with E-state index in [1.807, 2.05) is 0 Å². The number of rotatable bonds is 6. The van der Waals surface area contributed by atoms with Gasteiger partial charge in [-0.3, -0.25) is 28.3 Å². The molecular weight excluding hydrogens is 622 g/mol. The molecule has 4 heterocycles. The van der Waals surface area contributed by atoms with Gasteiger partial charge < -0.3 is 0 Å². The summed E-state index contributed by atoms with van der Waals surface area (Å²) < 4.78 is 185. The van der Waals surface area contributed by atoms with Crippen molar-refractivity contribution in [1.82, 2.24) is 9.13 Å². The van der Waals surface area contributed by atoms with Crippen LogP contribution in [0.3, 0.4) is 0 Å². The number of hydrogen-bond acceptors (Lipinski definition) is 4. The van der Waals surface area contributed by atoms with Crippen molar-refractivity contribution in [3.05, 3.63) is 65.7 Å². The summed E-state index contributed by atoms with van der Waals surface area (Å²) in [4.78, 5) is 51.8. The highest BCUT2D eigenvalue weighted by atomic mass is 19.4. The Bertz CT molecular complexity index is 1720. The maximum atomic E-state index is 14.1. The van der Waals surface area contributed by atoms with Gasteiger partial charge in [0.05, 0.1) is 13.1 Å². The van der Waals surface area contributed by atoms with E-state index in [2.05, 4.69) is 0 Å². The van der Waals surface area contributed by atoms with Crippen molar-refractivity contribution in [2.45, 2.75) is 49.1 Å². The smallest absolute Gasteiger partial charge is 0.269 e. The lowest BCUT2D eigenvalue weighted by molar-refractivity contribution is -0.357. The number of halogens is 14. The van der Waals surface area contributed by atoms with Gasteiger partial charge in [-0.1, -0.05) is 0 Å². The zero-order valence-electron chi connectivity index (χ0n) is 19.5. The van der Waals surface area contributed by atoms with Crippen molar-refractivity contribution in [1.29, 1.82) is 0 Å². The molecule has 6 rings (SSSR count). The van der Waals surface area contributed by atoms with Crippen molar-refractivity contribution < 1.29 is 61.5 Å². The SMILES string of the molecule is O=c1c2ccc(c(=O)n1CC(F)(F)C(F)(F)C(F)(F)F)c1c3ccc(c(=O)n(CC(F)(F)C(F)(F)C(F)(F)F)c3=O)c21. The molecular formula is C22H8F14N2O4.